The largest absolute Gasteiger partial charge is 0.324 e. The topological polar surface area (TPSA) is 76.1 Å². The number of benzene rings is 2. The van der Waals surface area contributed by atoms with Gasteiger partial charge in [0, 0.05) is 31.5 Å². The minimum atomic E-state index is 0.915. The first kappa shape index (κ1) is 10.3. The van der Waals surface area contributed by atoms with Crippen LogP contribution in [-0.4, -0.2) is 0 Å². The molecule has 1 aromatic heterocycles. The van der Waals surface area contributed by atoms with E-state index < -0.39 is 0 Å². The molecule has 0 aliphatic heterocycles. The molecular weight excluding hydrogens is 232 g/mol. The summed E-state index contributed by atoms with van der Waals surface area (Å²) in [6, 6.07) is 12.2. The Morgan fingerprint density at radius 1 is 0.765 bits per heavy atom. The van der Waals surface area contributed by atoms with E-state index in [0.29, 0.717) is 0 Å². The Labute approximate surface area is 102 Å². The van der Waals surface area contributed by atoms with Crippen molar-refractivity contribution in [1.29, 1.82) is 0 Å². The molecule has 1 heterocycles. The molecule has 0 aliphatic rings. The highest BCUT2D eigenvalue weighted by atomic mass is 32.1. The van der Waals surface area contributed by atoms with Gasteiger partial charge in [0.05, 0.1) is 0 Å². The molecule has 3 aromatic rings. The zero-order chi connectivity index (χ0) is 11.8. The summed E-state index contributed by atoms with van der Waals surface area (Å²) >= 11 is 1.75. The molecule has 0 atom stereocenters. The van der Waals surface area contributed by atoms with Gasteiger partial charge >= 0.3 is 0 Å². The average molecular weight is 244 g/mol. The average Bonchev–Trinajstić information content (AvgIpc) is 2.74. The molecule has 0 radical (unpaired) electrons. The number of fused-ring (bicyclic) bond motifs is 3. The predicted octanol–water partition coefficient (Wildman–Crippen LogP) is 2.63. The van der Waals surface area contributed by atoms with E-state index in [1.807, 2.05) is 12.1 Å². The van der Waals surface area contributed by atoms with Crippen molar-refractivity contribution in [2.24, 2.45) is 11.7 Å². The van der Waals surface area contributed by atoms with E-state index in [0.717, 1.165) is 11.4 Å². The number of nitrogen functional groups attached to an aromatic ring is 2. The van der Waals surface area contributed by atoms with Crippen LogP contribution in [0.1, 0.15) is 0 Å². The normalized spacial score (nSPS) is 10.9. The molecule has 0 spiro atoms. The molecule has 2 aromatic carbocycles. The Morgan fingerprint density at radius 3 is 2.24 bits per heavy atom. The SMILES string of the molecule is NNc1ccc2c(c1)sc1ccc(NN)cc12. The van der Waals surface area contributed by atoms with Gasteiger partial charge in [-0.15, -0.1) is 11.3 Å². The molecule has 86 valence electrons. The van der Waals surface area contributed by atoms with E-state index >= 15 is 0 Å². The fourth-order valence-electron chi connectivity index (χ4n) is 1.96. The van der Waals surface area contributed by atoms with Gasteiger partial charge in [0.1, 0.15) is 0 Å². The van der Waals surface area contributed by atoms with Gasteiger partial charge in [-0.3, -0.25) is 11.7 Å². The van der Waals surface area contributed by atoms with Crippen LogP contribution in [0.4, 0.5) is 11.4 Å². The summed E-state index contributed by atoms with van der Waals surface area (Å²) in [4.78, 5) is 0. The first-order chi connectivity index (χ1) is 8.31. The van der Waals surface area contributed by atoms with Gasteiger partial charge < -0.3 is 10.9 Å². The van der Waals surface area contributed by atoms with Crippen LogP contribution in [0.2, 0.25) is 0 Å². The summed E-state index contributed by atoms with van der Waals surface area (Å²) in [5.74, 6) is 10.8. The van der Waals surface area contributed by atoms with Gasteiger partial charge in [0.25, 0.3) is 0 Å². The number of hydrogen-bond donors (Lipinski definition) is 4. The van der Waals surface area contributed by atoms with E-state index in [4.69, 9.17) is 11.7 Å². The molecule has 0 saturated heterocycles. The fraction of sp³-hybridized carbons (Fsp3) is 0. The molecule has 0 fully saturated rings. The molecule has 3 rings (SSSR count). The maximum absolute atomic E-state index is 5.43. The Balaban J connectivity index is 2.34. The lowest BCUT2D eigenvalue weighted by molar-refractivity contribution is 1.36. The van der Waals surface area contributed by atoms with Crippen molar-refractivity contribution in [2.75, 3.05) is 10.9 Å². The number of anilines is 2. The van der Waals surface area contributed by atoms with Gasteiger partial charge in [0.15, 0.2) is 0 Å². The Hall–Kier alpha value is -1.82. The minimum absolute atomic E-state index is 0.915. The molecular formula is C12H12N4S. The van der Waals surface area contributed by atoms with Crippen LogP contribution < -0.4 is 22.5 Å². The quantitative estimate of drug-likeness (QED) is 0.413. The fourth-order valence-corrected chi connectivity index (χ4v) is 3.08. The maximum Gasteiger partial charge on any atom is 0.0499 e. The van der Waals surface area contributed by atoms with Crippen LogP contribution in [0.15, 0.2) is 36.4 Å². The van der Waals surface area contributed by atoms with Crippen LogP contribution in [-0.2, 0) is 0 Å². The number of thiophene rings is 1. The standard InChI is InChI=1S/C12H12N4S/c13-15-7-2-4-11-10(5-7)9-3-1-8(16-14)6-12(9)17-11/h1-6,15-16H,13-14H2. The molecule has 0 amide bonds. The Morgan fingerprint density at radius 2 is 1.47 bits per heavy atom. The van der Waals surface area contributed by atoms with Crippen molar-refractivity contribution in [3.63, 3.8) is 0 Å². The summed E-state index contributed by atoms with van der Waals surface area (Å²) < 4.78 is 2.46. The van der Waals surface area contributed by atoms with Gasteiger partial charge in [0.2, 0.25) is 0 Å². The first-order valence-corrected chi connectivity index (χ1v) is 6.03. The van der Waals surface area contributed by atoms with E-state index in [9.17, 15) is 0 Å². The number of hydrazine groups is 2. The van der Waals surface area contributed by atoms with Crippen molar-refractivity contribution in [3.8, 4) is 0 Å². The molecule has 4 nitrogen and oxygen atoms in total. The lowest BCUT2D eigenvalue weighted by atomic mass is 10.1. The number of nitrogens with two attached hydrogens (primary N) is 2. The van der Waals surface area contributed by atoms with Crippen LogP contribution >= 0.6 is 11.3 Å². The third-order valence-corrected chi connectivity index (χ3v) is 3.94. The van der Waals surface area contributed by atoms with Gasteiger partial charge in [-0.1, -0.05) is 6.07 Å². The molecule has 5 heteroatoms. The van der Waals surface area contributed by atoms with Crippen molar-refractivity contribution in [3.05, 3.63) is 36.4 Å². The Bertz CT molecular complexity index is 689. The highest BCUT2D eigenvalue weighted by Gasteiger charge is 2.06. The summed E-state index contributed by atoms with van der Waals surface area (Å²) in [6.07, 6.45) is 0. The third kappa shape index (κ3) is 1.61. The minimum Gasteiger partial charge on any atom is -0.324 e. The van der Waals surface area contributed by atoms with Crippen LogP contribution in [0.5, 0.6) is 0 Å². The van der Waals surface area contributed by atoms with Crippen molar-refractivity contribution in [2.45, 2.75) is 0 Å². The van der Waals surface area contributed by atoms with Crippen molar-refractivity contribution >= 4 is 42.9 Å². The zero-order valence-electron chi connectivity index (χ0n) is 9.03. The van der Waals surface area contributed by atoms with Crippen molar-refractivity contribution in [1.82, 2.24) is 0 Å². The second-order valence-corrected chi connectivity index (χ2v) is 4.90. The summed E-state index contributed by atoms with van der Waals surface area (Å²) in [5, 5.41) is 2.44. The van der Waals surface area contributed by atoms with Crippen LogP contribution in [0.3, 0.4) is 0 Å². The lowest BCUT2D eigenvalue weighted by Gasteiger charge is -2.00. The van der Waals surface area contributed by atoms with Gasteiger partial charge in [-0.25, -0.2) is 0 Å². The monoisotopic (exact) mass is 244 g/mol. The predicted molar refractivity (Wildman–Crippen MR) is 75.0 cm³/mol. The van der Waals surface area contributed by atoms with Crippen LogP contribution in [0, 0.1) is 0 Å². The molecule has 0 aliphatic carbocycles. The Kier molecular flexibility index (Phi) is 2.36. The molecule has 17 heavy (non-hydrogen) atoms. The summed E-state index contributed by atoms with van der Waals surface area (Å²) in [6.45, 7) is 0. The van der Waals surface area contributed by atoms with Crippen LogP contribution in [0.25, 0.3) is 20.2 Å². The lowest BCUT2D eigenvalue weighted by Crippen LogP contribution is -2.06. The second-order valence-electron chi connectivity index (χ2n) is 3.81. The van der Waals surface area contributed by atoms with E-state index in [2.05, 4.69) is 35.1 Å². The van der Waals surface area contributed by atoms with E-state index in [1.165, 1.54) is 20.2 Å². The molecule has 0 saturated carbocycles. The van der Waals surface area contributed by atoms with Crippen molar-refractivity contribution < 1.29 is 0 Å². The molecule has 0 bridgehead atoms. The van der Waals surface area contributed by atoms with E-state index in [1.54, 1.807) is 11.3 Å². The van der Waals surface area contributed by atoms with Gasteiger partial charge in [-0.05, 0) is 30.3 Å². The highest BCUT2D eigenvalue weighted by Crippen LogP contribution is 2.36. The molecule has 6 N–H and O–H groups in total. The number of nitrogens with one attached hydrogen (secondary N) is 2. The summed E-state index contributed by atoms with van der Waals surface area (Å²) in [7, 11) is 0. The number of rotatable bonds is 2. The smallest absolute Gasteiger partial charge is 0.0499 e. The molecule has 0 unspecified atom stereocenters. The zero-order valence-corrected chi connectivity index (χ0v) is 9.84. The number of hydrogen-bond acceptors (Lipinski definition) is 5. The van der Waals surface area contributed by atoms with E-state index in [-0.39, 0.29) is 0 Å². The van der Waals surface area contributed by atoms with Gasteiger partial charge in [-0.2, -0.15) is 0 Å². The third-order valence-electron chi connectivity index (χ3n) is 2.80. The summed E-state index contributed by atoms with van der Waals surface area (Å²) in [5.41, 5.74) is 7.16. The second kappa shape index (κ2) is 3.89. The highest BCUT2D eigenvalue weighted by molar-refractivity contribution is 7.25. The first-order valence-electron chi connectivity index (χ1n) is 5.21. The maximum atomic E-state index is 5.43.